The number of nitro groups is 1. The number of hydrogen-bond acceptors (Lipinski definition) is 3. The Balaban J connectivity index is 3.02. The van der Waals surface area contributed by atoms with Crippen LogP contribution in [0.25, 0.3) is 0 Å². The predicted molar refractivity (Wildman–Crippen MR) is 73.2 cm³/mol. The lowest BCUT2D eigenvalue weighted by Gasteiger charge is -2.20. The summed E-state index contributed by atoms with van der Waals surface area (Å²) in [4.78, 5) is 24.1. The number of rotatable bonds is 5. The van der Waals surface area contributed by atoms with E-state index in [-0.39, 0.29) is 11.6 Å². The van der Waals surface area contributed by atoms with E-state index >= 15 is 0 Å². The number of nitrogens with zero attached hydrogens (tertiary/aromatic N) is 2. The van der Waals surface area contributed by atoms with Gasteiger partial charge in [-0.3, -0.25) is 14.9 Å². The molecule has 1 aromatic rings. The second kappa shape index (κ2) is 6.49. The lowest BCUT2D eigenvalue weighted by Crippen LogP contribution is -2.32. The normalized spacial score (nSPS) is 10.2. The Labute approximate surface area is 114 Å². The Morgan fingerprint density at radius 1 is 1.50 bits per heavy atom. The third kappa shape index (κ3) is 3.29. The molecule has 0 radical (unpaired) electrons. The highest BCUT2D eigenvalue weighted by atomic mass is 79.9. The molecule has 1 amide bonds. The van der Waals surface area contributed by atoms with Crippen molar-refractivity contribution in [3.05, 3.63) is 39.4 Å². The van der Waals surface area contributed by atoms with E-state index in [2.05, 4.69) is 15.9 Å². The maximum atomic E-state index is 12.2. The highest BCUT2D eigenvalue weighted by Crippen LogP contribution is 2.18. The highest BCUT2D eigenvalue weighted by molar-refractivity contribution is 9.09. The Morgan fingerprint density at radius 2 is 2.17 bits per heavy atom. The van der Waals surface area contributed by atoms with E-state index in [4.69, 9.17) is 0 Å². The molecule has 1 aromatic carbocycles. The van der Waals surface area contributed by atoms with E-state index in [9.17, 15) is 14.9 Å². The second-order valence-electron chi connectivity index (χ2n) is 3.83. The fourth-order valence-corrected chi connectivity index (χ4v) is 2.11. The van der Waals surface area contributed by atoms with Crippen LogP contribution in [0.1, 0.15) is 22.8 Å². The summed E-state index contributed by atoms with van der Waals surface area (Å²) in [6.07, 6.45) is 0. The van der Waals surface area contributed by atoms with Crippen molar-refractivity contribution in [2.24, 2.45) is 0 Å². The summed E-state index contributed by atoms with van der Waals surface area (Å²) >= 11 is 3.30. The van der Waals surface area contributed by atoms with E-state index in [1.807, 2.05) is 6.92 Å². The number of aryl methyl sites for hydroxylation is 1. The number of halogens is 1. The molecule has 0 fully saturated rings. The first-order valence-corrected chi connectivity index (χ1v) is 6.73. The standard InChI is InChI=1S/C12H15BrN2O3/c1-3-14(7-6-13)12(16)11-5-4-10(15(17)18)8-9(11)2/h4-5,8H,3,6-7H2,1-2H3. The van der Waals surface area contributed by atoms with Crippen molar-refractivity contribution in [3.63, 3.8) is 0 Å². The predicted octanol–water partition coefficient (Wildman–Crippen LogP) is 2.76. The number of alkyl halides is 1. The van der Waals surface area contributed by atoms with E-state index in [0.29, 0.717) is 29.5 Å². The van der Waals surface area contributed by atoms with Crippen LogP contribution in [0.15, 0.2) is 18.2 Å². The minimum Gasteiger partial charge on any atom is -0.338 e. The Kier molecular flexibility index (Phi) is 5.27. The molecular weight excluding hydrogens is 300 g/mol. The van der Waals surface area contributed by atoms with Crippen LogP contribution in [0.3, 0.4) is 0 Å². The quantitative estimate of drug-likeness (QED) is 0.477. The lowest BCUT2D eigenvalue weighted by molar-refractivity contribution is -0.384. The molecule has 0 unspecified atom stereocenters. The van der Waals surface area contributed by atoms with Crippen molar-refractivity contribution in [1.82, 2.24) is 4.90 Å². The molecule has 18 heavy (non-hydrogen) atoms. The van der Waals surface area contributed by atoms with Gasteiger partial charge in [0, 0.05) is 36.1 Å². The molecule has 98 valence electrons. The number of benzene rings is 1. The molecule has 0 heterocycles. The van der Waals surface area contributed by atoms with E-state index in [1.54, 1.807) is 11.8 Å². The summed E-state index contributed by atoms with van der Waals surface area (Å²) in [5.74, 6) is -0.0932. The number of carbonyl (C=O) groups excluding carboxylic acids is 1. The Bertz CT molecular complexity index is 463. The van der Waals surface area contributed by atoms with Gasteiger partial charge in [-0.15, -0.1) is 0 Å². The SMILES string of the molecule is CCN(CCBr)C(=O)c1ccc([N+](=O)[O-])cc1C. The largest absolute Gasteiger partial charge is 0.338 e. The molecule has 0 aromatic heterocycles. The van der Waals surface area contributed by atoms with Crippen LogP contribution in [0.4, 0.5) is 5.69 Å². The summed E-state index contributed by atoms with van der Waals surface area (Å²) in [5.41, 5.74) is 1.15. The van der Waals surface area contributed by atoms with Gasteiger partial charge in [0.2, 0.25) is 0 Å². The van der Waals surface area contributed by atoms with Crippen LogP contribution in [0, 0.1) is 17.0 Å². The van der Waals surface area contributed by atoms with Crippen LogP contribution in [0.5, 0.6) is 0 Å². The number of non-ortho nitro benzene ring substituents is 1. The molecule has 6 heteroatoms. The van der Waals surface area contributed by atoms with Crippen molar-refractivity contribution < 1.29 is 9.72 Å². The summed E-state index contributed by atoms with van der Waals surface area (Å²) in [6, 6.07) is 4.31. The molecule has 1 rings (SSSR count). The first-order valence-electron chi connectivity index (χ1n) is 5.61. The van der Waals surface area contributed by atoms with Crippen LogP contribution >= 0.6 is 15.9 Å². The maximum absolute atomic E-state index is 12.2. The van der Waals surface area contributed by atoms with Gasteiger partial charge >= 0.3 is 0 Å². The smallest absolute Gasteiger partial charge is 0.269 e. The van der Waals surface area contributed by atoms with E-state index < -0.39 is 4.92 Å². The minimum absolute atomic E-state index is 0.00703. The molecule has 5 nitrogen and oxygen atoms in total. The monoisotopic (exact) mass is 314 g/mol. The average Bonchev–Trinajstić information content (AvgIpc) is 2.34. The van der Waals surface area contributed by atoms with Crippen molar-refractivity contribution in [2.75, 3.05) is 18.4 Å². The molecule has 0 atom stereocenters. The summed E-state index contributed by atoms with van der Waals surface area (Å²) in [6.45, 7) is 4.84. The van der Waals surface area contributed by atoms with Crippen LogP contribution in [-0.4, -0.2) is 34.2 Å². The van der Waals surface area contributed by atoms with Crippen LogP contribution in [0.2, 0.25) is 0 Å². The molecule has 0 bridgehead atoms. The van der Waals surface area contributed by atoms with Crippen LogP contribution in [-0.2, 0) is 0 Å². The number of nitro benzene ring substituents is 1. The third-order valence-electron chi connectivity index (χ3n) is 2.67. The zero-order valence-corrected chi connectivity index (χ0v) is 11.9. The van der Waals surface area contributed by atoms with Crippen LogP contribution < -0.4 is 0 Å². The maximum Gasteiger partial charge on any atom is 0.269 e. The number of hydrogen-bond donors (Lipinski definition) is 0. The molecule has 0 N–H and O–H groups in total. The van der Waals surface area contributed by atoms with Crippen molar-refractivity contribution in [3.8, 4) is 0 Å². The van der Waals surface area contributed by atoms with Crippen molar-refractivity contribution in [1.29, 1.82) is 0 Å². The Morgan fingerprint density at radius 3 is 2.61 bits per heavy atom. The van der Waals surface area contributed by atoms with Gasteiger partial charge in [-0.25, -0.2) is 0 Å². The molecule has 0 aliphatic heterocycles. The van der Waals surface area contributed by atoms with Gasteiger partial charge in [-0.1, -0.05) is 15.9 Å². The summed E-state index contributed by atoms with van der Waals surface area (Å²) in [7, 11) is 0. The fourth-order valence-electron chi connectivity index (χ4n) is 1.68. The number of amides is 1. The first kappa shape index (κ1) is 14.6. The summed E-state index contributed by atoms with van der Waals surface area (Å²) in [5, 5.41) is 11.3. The van der Waals surface area contributed by atoms with Gasteiger partial charge < -0.3 is 4.90 Å². The number of carbonyl (C=O) groups is 1. The third-order valence-corrected chi connectivity index (χ3v) is 3.03. The average molecular weight is 315 g/mol. The van der Waals surface area contributed by atoms with Crippen molar-refractivity contribution >= 4 is 27.5 Å². The highest BCUT2D eigenvalue weighted by Gasteiger charge is 2.17. The first-order chi connectivity index (χ1) is 8.51. The van der Waals surface area contributed by atoms with E-state index in [1.165, 1.54) is 18.2 Å². The molecule has 0 spiro atoms. The van der Waals surface area contributed by atoms with Gasteiger partial charge in [0.25, 0.3) is 11.6 Å². The zero-order chi connectivity index (χ0) is 13.7. The van der Waals surface area contributed by atoms with Gasteiger partial charge in [0.05, 0.1) is 4.92 Å². The Hall–Kier alpha value is -1.43. The summed E-state index contributed by atoms with van der Waals surface area (Å²) < 4.78 is 0. The zero-order valence-electron chi connectivity index (χ0n) is 10.4. The second-order valence-corrected chi connectivity index (χ2v) is 4.62. The van der Waals surface area contributed by atoms with Gasteiger partial charge in [-0.2, -0.15) is 0 Å². The molecule has 0 saturated carbocycles. The molecule has 0 saturated heterocycles. The van der Waals surface area contributed by atoms with E-state index in [0.717, 1.165) is 0 Å². The molecule has 0 aliphatic rings. The molecular formula is C12H15BrN2O3. The van der Waals surface area contributed by atoms with Gasteiger partial charge in [0.1, 0.15) is 0 Å². The minimum atomic E-state index is -0.461. The van der Waals surface area contributed by atoms with Gasteiger partial charge in [0.15, 0.2) is 0 Å². The van der Waals surface area contributed by atoms with Gasteiger partial charge in [-0.05, 0) is 25.5 Å². The topological polar surface area (TPSA) is 63.5 Å². The lowest BCUT2D eigenvalue weighted by atomic mass is 10.1. The molecule has 0 aliphatic carbocycles. The fraction of sp³-hybridized carbons (Fsp3) is 0.417. The van der Waals surface area contributed by atoms with Crippen molar-refractivity contribution in [2.45, 2.75) is 13.8 Å².